The van der Waals surface area contributed by atoms with E-state index in [0.717, 1.165) is 34.8 Å². The van der Waals surface area contributed by atoms with Gasteiger partial charge in [0.2, 0.25) is 11.7 Å². The first kappa shape index (κ1) is 13.8. The highest BCUT2D eigenvalue weighted by Gasteiger charge is 2.31. The molecule has 1 aromatic carbocycles. The second kappa shape index (κ2) is 6.06. The standard InChI is InChI=1S/C15H18BrN3O/c1-2-17-13(10-3-4-10)9-14-18-15(19-20-14)11-5-7-12(16)8-6-11/h5-8,10,13,17H,2-4,9H2,1H3. The minimum absolute atomic E-state index is 0.471. The lowest BCUT2D eigenvalue weighted by Gasteiger charge is -2.14. The van der Waals surface area contributed by atoms with Gasteiger partial charge in [0.15, 0.2) is 0 Å². The van der Waals surface area contributed by atoms with E-state index < -0.39 is 0 Å². The summed E-state index contributed by atoms with van der Waals surface area (Å²) in [4.78, 5) is 4.51. The molecule has 1 N–H and O–H groups in total. The molecule has 1 atom stereocenters. The van der Waals surface area contributed by atoms with Gasteiger partial charge in [0, 0.05) is 22.5 Å². The molecule has 1 aliphatic rings. The van der Waals surface area contributed by atoms with Crippen LogP contribution < -0.4 is 5.32 Å². The van der Waals surface area contributed by atoms with Crippen molar-refractivity contribution in [3.05, 3.63) is 34.6 Å². The van der Waals surface area contributed by atoms with Crippen molar-refractivity contribution < 1.29 is 4.52 Å². The van der Waals surface area contributed by atoms with Crippen LogP contribution in [0.15, 0.2) is 33.3 Å². The lowest BCUT2D eigenvalue weighted by Crippen LogP contribution is -2.33. The van der Waals surface area contributed by atoms with E-state index >= 15 is 0 Å². The number of aromatic nitrogens is 2. The Morgan fingerprint density at radius 1 is 1.35 bits per heavy atom. The van der Waals surface area contributed by atoms with Crippen molar-refractivity contribution in [2.45, 2.75) is 32.2 Å². The van der Waals surface area contributed by atoms with Gasteiger partial charge in [-0.25, -0.2) is 0 Å². The molecule has 0 bridgehead atoms. The lowest BCUT2D eigenvalue weighted by atomic mass is 10.1. The first-order valence-electron chi connectivity index (χ1n) is 7.08. The topological polar surface area (TPSA) is 51.0 Å². The highest BCUT2D eigenvalue weighted by molar-refractivity contribution is 9.10. The van der Waals surface area contributed by atoms with Crippen molar-refractivity contribution >= 4 is 15.9 Å². The molecule has 4 nitrogen and oxygen atoms in total. The maximum Gasteiger partial charge on any atom is 0.228 e. The Morgan fingerprint density at radius 2 is 2.10 bits per heavy atom. The molecule has 0 radical (unpaired) electrons. The summed E-state index contributed by atoms with van der Waals surface area (Å²) in [5.74, 6) is 2.16. The number of benzene rings is 1. The molecule has 5 heteroatoms. The van der Waals surface area contributed by atoms with Gasteiger partial charge in [-0.1, -0.05) is 28.0 Å². The largest absolute Gasteiger partial charge is 0.339 e. The second-order valence-corrected chi connectivity index (χ2v) is 6.14. The summed E-state index contributed by atoms with van der Waals surface area (Å²) in [6, 6.07) is 8.41. The van der Waals surface area contributed by atoms with Gasteiger partial charge in [-0.15, -0.1) is 0 Å². The molecule has 1 aromatic heterocycles. The molecule has 1 saturated carbocycles. The SMILES string of the molecule is CCNC(Cc1nc(-c2ccc(Br)cc2)no1)C1CC1. The van der Waals surface area contributed by atoms with E-state index in [1.165, 1.54) is 12.8 Å². The number of hydrogen-bond acceptors (Lipinski definition) is 4. The molecular weight excluding hydrogens is 318 g/mol. The highest BCUT2D eigenvalue weighted by Crippen LogP contribution is 2.34. The Morgan fingerprint density at radius 3 is 2.75 bits per heavy atom. The Hall–Kier alpha value is -1.20. The van der Waals surface area contributed by atoms with Crippen molar-refractivity contribution in [1.29, 1.82) is 0 Å². The zero-order valence-electron chi connectivity index (χ0n) is 11.5. The van der Waals surface area contributed by atoms with Crippen LogP contribution in [0.3, 0.4) is 0 Å². The molecule has 0 aliphatic heterocycles. The third-order valence-corrected chi connectivity index (χ3v) is 4.15. The van der Waals surface area contributed by atoms with E-state index in [0.29, 0.717) is 11.9 Å². The van der Waals surface area contributed by atoms with Crippen LogP contribution >= 0.6 is 15.9 Å². The fourth-order valence-electron chi connectivity index (χ4n) is 2.41. The van der Waals surface area contributed by atoms with Crippen LogP contribution in [-0.2, 0) is 6.42 Å². The first-order valence-corrected chi connectivity index (χ1v) is 7.87. The van der Waals surface area contributed by atoms with Gasteiger partial charge in [-0.3, -0.25) is 0 Å². The van der Waals surface area contributed by atoms with Crippen molar-refractivity contribution in [2.75, 3.05) is 6.54 Å². The molecule has 2 aromatic rings. The fraction of sp³-hybridized carbons (Fsp3) is 0.467. The maximum atomic E-state index is 5.39. The molecule has 106 valence electrons. The van der Waals surface area contributed by atoms with Crippen molar-refractivity contribution in [1.82, 2.24) is 15.5 Å². The Bertz CT molecular complexity index is 563. The predicted octanol–water partition coefficient (Wildman–Crippen LogP) is 3.43. The molecule has 1 unspecified atom stereocenters. The van der Waals surface area contributed by atoms with E-state index in [2.05, 4.69) is 38.3 Å². The Kier molecular flexibility index (Phi) is 4.17. The second-order valence-electron chi connectivity index (χ2n) is 5.22. The van der Waals surface area contributed by atoms with Gasteiger partial charge in [0.05, 0.1) is 0 Å². The Labute approximate surface area is 127 Å². The molecule has 0 saturated heterocycles. The van der Waals surface area contributed by atoms with E-state index in [-0.39, 0.29) is 0 Å². The van der Waals surface area contributed by atoms with Crippen molar-refractivity contribution in [3.8, 4) is 11.4 Å². The zero-order chi connectivity index (χ0) is 13.9. The van der Waals surface area contributed by atoms with Crippen LogP contribution in [0.1, 0.15) is 25.7 Å². The summed E-state index contributed by atoms with van der Waals surface area (Å²) in [6.07, 6.45) is 3.44. The maximum absolute atomic E-state index is 5.39. The van der Waals surface area contributed by atoms with Gasteiger partial charge in [0.1, 0.15) is 0 Å². The summed E-state index contributed by atoms with van der Waals surface area (Å²) in [6.45, 7) is 3.12. The predicted molar refractivity (Wildman–Crippen MR) is 81.3 cm³/mol. The zero-order valence-corrected chi connectivity index (χ0v) is 13.1. The molecule has 0 amide bonds. The molecule has 20 heavy (non-hydrogen) atoms. The molecule has 1 aliphatic carbocycles. The van der Waals surface area contributed by atoms with Gasteiger partial charge < -0.3 is 9.84 Å². The van der Waals surface area contributed by atoms with Crippen LogP contribution in [0.2, 0.25) is 0 Å². The smallest absolute Gasteiger partial charge is 0.228 e. The van der Waals surface area contributed by atoms with Gasteiger partial charge in [-0.2, -0.15) is 4.98 Å². The normalized spacial score (nSPS) is 16.3. The van der Waals surface area contributed by atoms with Crippen molar-refractivity contribution in [2.24, 2.45) is 5.92 Å². The average Bonchev–Trinajstić information content (AvgIpc) is 3.20. The van der Waals surface area contributed by atoms with Crippen LogP contribution in [-0.4, -0.2) is 22.7 Å². The molecule has 0 spiro atoms. The van der Waals surface area contributed by atoms with Gasteiger partial charge >= 0.3 is 0 Å². The number of nitrogens with one attached hydrogen (secondary N) is 1. The molecule has 1 fully saturated rings. The monoisotopic (exact) mass is 335 g/mol. The van der Waals surface area contributed by atoms with Crippen LogP contribution in [0.5, 0.6) is 0 Å². The van der Waals surface area contributed by atoms with E-state index in [1.54, 1.807) is 0 Å². The van der Waals surface area contributed by atoms with Crippen LogP contribution in [0.4, 0.5) is 0 Å². The molecule has 1 heterocycles. The van der Waals surface area contributed by atoms with Crippen LogP contribution in [0.25, 0.3) is 11.4 Å². The van der Waals surface area contributed by atoms with Crippen molar-refractivity contribution in [3.63, 3.8) is 0 Å². The number of halogens is 1. The molecular formula is C15H18BrN3O. The summed E-state index contributed by atoms with van der Waals surface area (Å²) >= 11 is 3.42. The molecule has 3 rings (SSSR count). The summed E-state index contributed by atoms with van der Waals surface area (Å²) in [5.41, 5.74) is 0.981. The summed E-state index contributed by atoms with van der Waals surface area (Å²) < 4.78 is 6.44. The third-order valence-electron chi connectivity index (χ3n) is 3.62. The quantitative estimate of drug-likeness (QED) is 0.878. The van der Waals surface area contributed by atoms with E-state index in [1.807, 2.05) is 24.3 Å². The number of hydrogen-bond donors (Lipinski definition) is 1. The summed E-state index contributed by atoms with van der Waals surface area (Å²) in [7, 11) is 0. The Balaban J connectivity index is 1.71. The number of likely N-dealkylation sites (N-methyl/N-ethyl adjacent to an activating group) is 1. The fourth-order valence-corrected chi connectivity index (χ4v) is 2.67. The van der Waals surface area contributed by atoms with E-state index in [4.69, 9.17) is 4.52 Å². The van der Waals surface area contributed by atoms with Gasteiger partial charge in [0.25, 0.3) is 0 Å². The van der Waals surface area contributed by atoms with Crippen LogP contribution in [0, 0.1) is 5.92 Å². The van der Waals surface area contributed by atoms with Gasteiger partial charge in [-0.05, 0) is 49.6 Å². The minimum atomic E-state index is 0.471. The minimum Gasteiger partial charge on any atom is -0.339 e. The highest BCUT2D eigenvalue weighted by atomic mass is 79.9. The number of nitrogens with zero attached hydrogens (tertiary/aromatic N) is 2. The average molecular weight is 336 g/mol. The summed E-state index contributed by atoms with van der Waals surface area (Å²) in [5, 5.41) is 7.60. The lowest BCUT2D eigenvalue weighted by molar-refractivity contribution is 0.348. The van der Waals surface area contributed by atoms with E-state index in [9.17, 15) is 0 Å². The first-order chi connectivity index (χ1) is 9.76. The third kappa shape index (κ3) is 3.27. The number of rotatable bonds is 6.